The number of rotatable bonds is 7. The number of benzene rings is 11. The first kappa shape index (κ1) is 39.0. The highest BCUT2D eigenvalue weighted by molar-refractivity contribution is 6.21. The first-order valence-corrected chi connectivity index (χ1v) is 23.3. The van der Waals surface area contributed by atoms with Gasteiger partial charge in [0.2, 0.25) is 0 Å². The minimum absolute atomic E-state index is 0.127. The van der Waals surface area contributed by atoms with Gasteiger partial charge in [0.05, 0.1) is 11.0 Å². The predicted molar refractivity (Wildman–Crippen MR) is 284 cm³/mol. The lowest BCUT2D eigenvalue weighted by Gasteiger charge is -2.28. The van der Waals surface area contributed by atoms with Gasteiger partial charge in [-0.3, -0.25) is 0 Å². The van der Waals surface area contributed by atoms with E-state index in [1.807, 2.05) is 0 Å². The summed E-state index contributed by atoms with van der Waals surface area (Å²) in [6.45, 7) is 4.72. The molecule has 0 atom stereocenters. The zero-order valence-corrected chi connectivity index (χ0v) is 37.5. The molecule has 13 rings (SSSR count). The maximum atomic E-state index is 2.43. The van der Waals surface area contributed by atoms with Gasteiger partial charge >= 0.3 is 0 Å². The van der Waals surface area contributed by atoms with Crippen molar-refractivity contribution in [1.82, 2.24) is 4.57 Å². The maximum Gasteiger partial charge on any atom is 0.0541 e. The molecule has 0 radical (unpaired) electrons. The van der Waals surface area contributed by atoms with Gasteiger partial charge in [-0.2, -0.15) is 0 Å². The third-order valence-corrected chi connectivity index (χ3v) is 14.4. The number of para-hydroxylation sites is 2. The van der Waals surface area contributed by atoms with Gasteiger partial charge < -0.3 is 9.47 Å². The van der Waals surface area contributed by atoms with E-state index in [4.69, 9.17) is 0 Å². The third kappa shape index (κ3) is 6.18. The third-order valence-electron chi connectivity index (χ3n) is 14.4. The van der Waals surface area contributed by atoms with Crippen LogP contribution in [0.25, 0.3) is 93.5 Å². The first-order valence-electron chi connectivity index (χ1n) is 23.3. The Bertz CT molecular complexity index is 3800. The van der Waals surface area contributed by atoms with Crippen molar-refractivity contribution in [3.8, 4) is 50.2 Å². The Morgan fingerprint density at radius 2 is 0.776 bits per heavy atom. The molecule has 316 valence electrons. The van der Waals surface area contributed by atoms with Crippen molar-refractivity contribution in [1.29, 1.82) is 0 Å². The lowest BCUT2D eigenvalue weighted by molar-refractivity contribution is 0.660. The smallest absolute Gasteiger partial charge is 0.0541 e. The summed E-state index contributed by atoms with van der Waals surface area (Å²) in [5.74, 6) is 0. The zero-order chi connectivity index (χ0) is 44.6. The van der Waals surface area contributed by atoms with E-state index in [1.165, 1.54) is 105 Å². The largest absolute Gasteiger partial charge is 0.310 e. The quantitative estimate of drug-likeness (QED) is 0.145. The Morgan fingerprint density at radius 1 is 0.313 bits per heavy atom. The van der Waals surface area contributed by atoms with Crippen molar-refractivity contribution >= 4 is 60.4 Å². The van der Waals surface area contributed by atoms with E-state index in [2.05, 4.69) is 266 Å². The Hall–Kier alpha value is -8.46. The fourth-order valence-electron chi connectivity index (χ4n) is 11.2. The Balaban J connectivity index is 0.940. The summed E-state index contributed by atoms with van der Waals surface area (Å²) in [7, 11) is 0. The van der Waals surface area contributed by atoms with Crippen LogP contribution in [0.3, 0.4) is 0 Å². The molecule has 0 saturated carbocycles. The van der Waals surface area contributed by atoms with E-state index in [9.17, 15) is 0 Å². The molecular formula is C65H46N2. The molecule has 0 aliphatic heterocycles. The van der Waals surface area contributed by atoms with E-state index in [0.29, 0.717) is 0 Å². The summed E-state index contributed by atoms with van der Waals surface area (Å²) in [6, 6.07) is 89.3. The van der Waals surface area contributed by atoms with E-state index in [0.717, 1.165) is 17.1 Å². The van der Waals surface area contributed by atoms with Gasteiger partial charge in [-0.25, -0.2) is 0 Å². The van der Waals surface area contributed by atoms with Crippen LogP contribution in [0.15, 0.2) is 243 Å². The molecular weight excluding hydrogens is 809 g/mol. The van der Waals surface area contributed by atoms with Crippen molar-refractivity contribution in [3.63, 3.8) is 0 Å². The summed E-state index contributed by atoms with van der Waals surface area (Å²) in [5.41, 5.74) is 19.5. The second-order valence-electron chi connectivity index (χ2n) is 18.5. The summed E-state index contributed by atoms with van der Waals surface area (Å²) >= 11 is 0. The van der Waals surface area contributed by atoms with Crippen LogP contribution in [0.4, 0.5) is 17.1 Å². The van der Waals surface area contributed by atoms with Crippen LogP contribution in [-0.2, 0) is 5.41 Å². The Kier molecular flexibility index (Phi) is 8.91. The molecule has 12 aromatic rings. The molecule has 0 fully saturated rings. The molecule has 1 heterocycles. The van der Waals surface area contributed by atoms with Crippen molar-refractivity contribution < 1.29 is 0 Å². The van der Waals surface area contributed by atoms with E-state index in [1.54, 1.807) is 0 Å². The summed E-state index contributed by atoms with van der Waals surface area (Å²) in [4.78, 5) is 2.43. The van der Waals surface area contributed by atoms with Crippen LogP contribution in [0.1, 0.15) is 25.0 Å². The van der Waals surface area contributed by atoms with Crippen molar-refractivity contribution in [2.45, 2.75) is 19.3 Å². The van der Waals surface area contributed by atoms with Gasteiger partial charge in [0, 0.05) is 38.9 Å². The average molecular weight is 855 g/mol. The standard InChI is InChI=1S/C65H46N2/c1-65(2)59-27-15-13-21-51(59)52-39-38-50(42-60(52)65)66(48-34-29-43(30-35-48)46-33-40-62-58(41-46)53-22-14-16-28-61(53)67(62)47-19-7-4-8-20-47)49-36-31-45(32-37-49)64-56-25-11-9-23-54(56)63(44-17-5-3-6-18-44)55-24-10-12-26-57(55)64/h3-42H,1-2H3. The summed E-state index contributed by atoms with van der Waals surface area (Å²) < 4.78 is 2.38. The van der Waals surface area contributed by atoms with Crippen LogP contribution in [0, 0.1) is 0 Å². The number of aromatic nitrogens is 1. The van der Waals surface area contributed by atoms with Crippen molar-refractivity contribution in [2.24, 2.45) is 0 Å². The van der Waals surface area contributed by atoms with Crippen molar-refractivity contribution in [2.75, 3.05) is 4.90 Å². The maximum absolute atomic E-state index is 2.43. The lowest BCUT2D eigenvalue weighted by atomic mass is 9.82. The average Bonchev–Trinajstić information content (AvgIpc) is 3.84. The zero-order valence-electron chi connectivity index (χ0n) is 37.5. The Labute approximate surface area is 391 Å². The highest BCUT2D eigenvalue weighted by Crippen LogP contribution is 2.51. The highest BCUT2D eigenvalue weighted by atomic mass is 15.1. The second kappa shape index (κ2) is 15.3. The number of fused-ring (bicyclic) bond motifs is 8. The SMILES string of the molecule is CC1(C)c2ccccc2-c2ccc(N(c3ccc(-c4ccc5c(c4)c4ccccc4n5-c4ccccc4)cc3)c3ccc(-c4c5ccccc5c(-c5ccccc5)c5ccccc45)cc3)cc21. The van der Waals surface area contributed by atoms with Crippen LogP contribution in [0.2, 0.25) is 0 Å². The minimum atomic E-state index is -0.127. The van der Waals surface area contributed by atoms with E-state index in [-0.39, 0.29) is 5.41 Å². The summed E-state index contributed by atoms with van der Waals surface area (Å²) in [6.07, 6.45) is 0. The molecule has 1 aromatic heterocycles. The molecule has 1 aliphatic rings. The lowest BCUT2D eigenvalue weighted by Crippen LogP contribution is -2.16. The molecule has 0 bridgehead atoms. The first-order chi connectivity index (χ1) is 33.0. The minimum Gasteiger partial charge on any atom is -0.310 e. The fraction of sp³-hybridized carbons (Fsp3) is 0.0462. The van der Waals surface area contributed by atoms with E-state index >= 15 is 0 Å². The molecule has 11 aromatic carbocycles. The van der Waals surface area contributed by atoms with Gasteiger partial charge in [0.1, 0.15) is 0 Å². The summed E-state index contributed by atoms with van der Waals surface area (Å²) in [5, 5.41) is 7.53. The molecule has 0 N–H and O–H groups in total. The molecule has 0 amide bonds. The molecule has 2 heteroatoms. The molecule has 0 unspecified atom stereocenters. The number of hydrogen-bond donors (Lipinski definition) is 0. The normalized spacial score (nSPS) is 12.7. The predicted octanol–water partition coefficient (Wildman–Crippen LogP) is 17.9. The van der Waals surface area contributed by atoms with Gasteiger partial charge in [-0.15, -0.1) is 0 Å². The van der Waals surface area contributed by atoms with Gasteiger partial charge in [-0.1, -0.05) is 190 Å². The van der Waals surface area contributed by atoms with Gasteiger partial charge in [0.15, 0.2) is 0 Å². The molecule has 0 spiro atoms. The molecule has 1 aliphatic carbocycles. The Morgan fingerprint density at radius 3 is 1.42 bits per heavy atom. The van der Waals surface area contributed by atoms with Crippen LogP contribution < -0.4 is 4.90 Å². The number of hydrogen-bond acceptors (Lipinski definition) is 1. The fourth-order valence-corrected chi connectivity index (χ4v) is 11.2. The van der Waals surface area contributed by atoms with Crippen LogP contribution in [-0.4, -0.2) is 4.57 Å². The number of anilines is 3. The van der Waals surface area contributed by atoms with Gasteiger partial charge in [-0.05, 0) is 144 Å². The van der Waals surface area contributed by atoms with Crippen LogP contribution in [0.5, 0.6) is 0 Å². The highest BCUT2D eigenvalue weighted by Gasteiger charge is 2.35. The van der Waals surface area contributed by atoms with Crippen molar-refractivity contribution in [3.05, 3.63) is 254 Å². The molecule has 0 saturated heterocycles. The second-order valence-corrected chi connectivity index (χ2v) is 18.5. The van der Waals surface area contributed by atoms with E-state index < -0.39 is 0 Å². The molecule has 67 heavy (non-hydrogen) atoms. The van der Waals surface area contributed by atoms with Crippen LogP contribution >= 0.6 is 0 Å². The topological polar surface area (TPSA) is 8.17 Å². The van der Waals surface area contributed by atoms with Gasteiger partial charge in [0.25, 0.3) is 0 Å². The monoisotopic (exact) mass is 854 g/mol. The number of nitrogens with zero attached hydrogens (tertiary/aromatic N) is 2. The molecule has 2 nitrogen and oxygen atoms in total.